The van der Waals surface area contributed by atoms with E-state index in [1.807, 2.05) is 48.1 Å². The van der Waals surface area contributed by atoms with E-state index in [-0.39, 0.29) is 0 Å². The van der Waals surface area contributed by atoms with Gasteiger partial charge >= 0.3 is 0 Å². The fraction of sp³-hybridized carbons (Fsp3) is 0. The minimum atomic E-state index is 0.752. The van der Waals surface area contributed by atoms with E-state index in [1.54, 1.807) is 22.3 Å². The number of nitrogens with two attached hydrogens (primary N) is 1. The van der Waals surface area contributed by atoms with Crippen LogP contribution in [0, 0.1) is 0 Å². The van der Waals surface area contributed by atoms with Gasteiger partial charge < -0.3 is 5.73 Å². The summed E-state index contributed by atoms with van der Waals surface area (Å²) in [6.45, 7) is 0. The first kappa shape index (κ1) is 12.0. The smallest absolute Gasteiger partial charge is 0.174 e. The molecule has 0 aliphatic heterocycles. The van der Waals surface area contributed by atoms with Crippen LogP contribution in [0.2, 0.25) is 0 Å². The molecule has 4 rings (SSSR count). The minimum Gasteiger partial charge on any atom is -0.399 e. The zero-order chi connectivity index (χ0) is 14.2. The topological polar surface area (TPSA) is 69.6 Å². The van der Waals surface area contributed by atoms with Gasteiger partial charge in [-0.3, -0.25) is 0 Å². The molecule has 3 aromatic heterocycles. The second kappa shape index (κ2) is 4.68. The highest BCUT2D eigenvalue weighted by Crippen LogP contribution is 2.26. The third-order valence-corrected chi connectivity index (χ3v) is 4.17. The molecule has 0 aliphatic rings. The van der Waals surface area contributed by atoms with Gasteiger partial charge in [-0.1, -0.05) is 12.1 Å². The third kappa shape index (κ3) is 2.05. The highest BCUT2D eigenvalue weighted by molar-refractivity contribution is 7.17. The molecule has 0 fully saturated rings. The SMILES string of the molecule is Nc1ccc(-c2cnn(-c3ncnc4ccsc34)c2)cc1. The monoisotopic (exact) mass is 293 g/mol. The number of rotatable bonds is 2. The standard InChI is InChI=1S/C15H11N5S/c16-12-3-1-10(2-4-12)11-7-19-20(8-11)15-14-13(5-6-21-14)17-9-18-15/h1-9H,16H2. The Morgan fingerprint density at radius 3 is 2.71 bits per heavy atom. The van der Waals surface area contributed by atoms with Crippen molar-refractivity contribution in [3.8, 4) is 16.9 Å². The Morgan fingerprint density at radius 2 is 1.86 bits per heavy atom. The average Bonchev–Trinajstić information content (AvgIpc) is 3.16. The molecule has 6 heteroatoms. The molecule has 2 N–H and O–H groups in total. The Balaban J connectivity index is 1.81. The van der Waals surface area contributed by atoms with Crippen molar-refractivity contribution in [3.63, 3.8) is 0 Å². The molecule has 0 saturated heterocycles. The van der Waals surface area contributed by atoms with Crippen molar-refractivity contribution >= 4 is 27.2 Å². The average molecular weight is 293 g/mol. The van der Waals surface area contributed by atoms with Crippen molar-refractivity contribution in [2.45, 2.75) is 0 Å². The summed E-state index contributed by atoms with van der Waals surface area (Å²) in [5, 5.41) is 6.42. The van der Waals surface area contributed by atoms with E-state index in [0.29, 0.717) is 0 Å². The number of anilines is 1. The number of fused-ring (bicyclic) bond motifs is 1. The molecule has 0 amide bonds. The third-order valence-electron chi connectivity index (χ3n) is 3.27. The van der Waals surface area contributed by atoms with Crippen LogP contribution in [0.1, 0.15) is 0 Å². The van der Waals surface area contributed by atoms with Crippen LogP contribution in [0.25, 0.3) is 27.2 Å². The Kier molecular flexibility index (Phi) is 2.68. The van der Waals surface area contributed by atoms with Gasteiger partial charge in [0, 0.05) is 17.4 Å². The maximum atomic E-state index is 5.72. The number of nitrogens with zero attached hydrogens (tertiary/aromatic N) is 4. The van der Waals surface area contributed by atoms with Crippen LogP contribution < -0.4 is 5.73 Å². The van der Waals surface area contributed by atoms with Crippen molar-refractivity contribution in [1.82, 2.24) is 19.7 Å². The Morgan fingerprint density at radius 1 is 1.00 bits per heavy atom. The van der Waals surface area contributed by atoms with Crippen LogP contribution >= 0.6 is 11.3 Å². The van der Waals surface area contributed by atoms with Gasteiger partial charge in [0.15, 0.2) is 5.82 Å². The van der Waals surface area contributed by atoms with E-state index in [0.717, 1.165) is 32.8 Å². The Hall–Kier alpha value is -2.73. The summed E-state index contributed by atoms with van der Waals surface area (Å²) in [4.78, 5) is 8.60. The van der Waals surface area contributed by atoms with Crippen LogP contribution in [0.15, 0.2) is 54.4 Å². The van der Waals surface area contributed by atoms with E-state index in [9.17, 15) is 0 Å². The molecule has 0 saturated carbocycles. The Labute approximate surface area is 124 Å². The second-order valence-electron chi connectivity index (χ2n) is 4.63. The van der Waals surface area contributed by atoms with Crippen molar-refractivity contribution in [1.29, 1.82) is 0 Å². The molecule has 3 heterocycles. The lowest BCUT2D eigenvalue weighted by Crippen LogP contribution is -1.98. The molecule has 102 valence electrons. The Bertz CT molecular complexity index is 907. The van der Waals surface area contributed by atoms with Gasteiger partial charge in [-0.25, -0.2) is 14.6 Å². The molecule has 5 nitrogen and oxygen atoms in total. The molecule has 0 aliphatic carbocycles. The second-order valence-corrected chi connectivity index (χ2v) is 5.54. The molecule has 4 aromatic rings. The first-order valence-electron chi connectivity index (χ1n) is 6.40. The van der Waals surface area contributed by atoms with Gasteiger partial charge in [0.25, 0.3) is 0 Å². The summed E-state index contributed by atoms with van der Waals surface area (Å²) >= 11 is 1.61. The number of hydrogen-bond acceptors (Lipinski definition) is 5. The lowest BCUT2D eigenvalue weighted by molar-refractivity contribution is 0.853. The molecule has 0 atom stereocenters. The van der Waals surface area contributed by atoms with Crippen LogP contribution in [0.5, 0.6) is 0 Å². The largest absolute Gasteiger partial charge is 0.399 e. The van der Waals surface area contributed by atoms with E-state index >= 15 is 0 Å². The first-order valence-corrected chi connectivity index (χ1v) is 7.28. The van der Waals surface area contributed by atoms with E-state index in [1.165, 1.54) is 0 Å². The summed E-state index contributed by atoms with van der Waals surface area (Å²) in [7, 11) is 0. The van der Waals surface area contributed by atoms with Crippen LogP contribution in [-0.4, -0.2) is 19.7 Å². The van der Waals surface area contributed by atoms with Gasteiger partial charge in [0.1, 0.15) is 6.33 Å². The molecular weight excluding hydrogens is 282 g/mol. The molecule has 0 bridgehead atoms. The number of hydrogen-bond donors (Lipinski definition) is 1. The summed E-state index contributed by atoms with van der Waals surface area (Å²) in [6.07, 6.45) is 5.36. The maximum absolute atomic E-state index is 5.72. The van der Waals surface area contributed by atoms with Gasteiger partial charge in [0.2, 0.25) is 0 Å². The van der Waals surface area contributed by atoms with Crippen molar-refractivity contribution in [3.05, 3.63) is 54.4 Å². The predicted octanol–water partition coefficient (Wildman–Crippen LogP) is 3.13. The zero-order valence-electron chi connectivity index (χ0n) is 11.0. The van der Waals surface area contributed by atoms with Gasteiger partial charge in [-0.05, 0) is 29.1 Å². The lowest BCUT2D eigenvalue weighted by Gasteiger charge is -2.01. The highest BCUT2D eigenvalue weighted by atomic mass is 32.1. The van der Waals surface area contributed by atoms with Crippen LogP contribution in [0.4, 0.5) is 5.69 Å². The number of aromatic nitrogens is 4. The van der Waals surface area contributed by atoms with E-state index < -0.39 is 0 Å². The molecular formula is C15H11N5S. The fourth-order valence-electron chi connectivity index (χ4n) is 2.20. The van der Waals surface area contributed by atoms with Gasteiger partial charge in [-0.2, -0.15) is 5.10 Å². The molecule has 0 spiro atoms. The van der Waals surface area contributed by atoms with E-state index in [4.69, 9.17) is 5.73 Å². The maximum Gasteiger partial charge on any atom is 0.174 e. The fourth-order valence-corrected chi connectivity index (χ4v) is 3.03. The lowest BCUT2D eigenvalue weighted by atomic mass is 10.1. The number of benzene rings is 1. The van der Waals surface area contributed by atoms with Crippen LogP contribution in [0.3, 0.4) is 0 Å². The van der Waals surface area contributed by atoms with Crippen molar-refractivity contribution in [2.24, 2.45) is 0 Å². The van der Waals surface area contributed by atoms with E-state index in [2.05, 4.69) is 15.1 Å². The predicted molar refractivity (Wildman–Crippen MR) is 84.4 cm³/mol. The summed E-state index contributed by atoms with van der Waals surface area (Å²) < 4.78 is 2.82. The normalized spacial score (nSPS) is 11.0. The quantitative estimate of drug-likeness (QED) is 0.576. The van der Waals surface area contributed by atoms with Crippen molar-refractivity contribution in [2.75, 3.05) is 5.73 Å². The summed E-state index contributed by atoms with van der Waals surface area (Å²) in [5.41, 5.74) is 9.51. The summed E-state index contributed by atoms with van der Waals surface area (Å²) in [5.74, 6) is 0.802. The van der Waals surface area contributed by atoms with Gasteiger partial charge in [-0.15, -0.1) is 11.3 Å². The molecule has 21 heavy (non-hydrogen) atoms. The highest BCUT2D eigenvalue weighted by Gasteiger charge is 2.09. The molecule has 1 aromatic carbocycles. The minimum absolute atomic E-state index is 0.752. The molecule has 0 unspecified atom stereocenters. The number of thiophene rings is 1. The van der Waals surface area contributed by atoms with Crippen LogP contribution in [-0.2, 0) is 0 Å². The van der Waals surface area contributed by atoms with Crippen molar-refractivity contribution < 1.29 is 0 Å². The summed E-state index contributed by atoms with van der Waals surface area (Å²) in [6, 6.07) is 9.72. The van der Waals surface area contributed by atoms with Gasteiger partial charge in [0.05, 0.1) is 16.4 Å². The number of nitrogen functional groups attached to an aromatic ring is 1. The first-order chi connectivity index (χ1) is 10.3. The zero-order valence-corrected chi connectivity index (χ0v) is 11.8. The molecule has 0 radical (unpaired) electrons.